The minimum Gasteiger partial charge on any atom is -0.508 e. The quantitative estimate of drug-likeness (QED) is 0.748. The van der Waals surface area contributed by atoms with Crippen LogP contribution in [0.5, 0.6) is 5.75 Å². The average Bonchev–Trinajstić information content (AvgIpc) is 2.70. The SMILES string of the molecule is Cn1cc(CN)c(NC(=O)c2ccc(O)cc2)n1. The molecule has 1 heterocycles. The largest absolute Gasteiger partial charge is 0.508 e. The third-order valence-electron chi connectivity index (χ3n) is 2.49. The lowest BCUT2D eigenvalue weighted by atomic mass is 10.2. The summed E-state index contributed by atoms with van der Waals surface area (Å²) in [5.74, 6) is 0.286. The fraction of sp³-hybridized carbons (Fsp3) is 0.167. The Balaban J connectivity index is 2.18. The molecule has 0 aliphatic rings. The van der Waals surface area contributed by atoms with E-state index in [1.807, 2.05) is 0 Å². The van der Waals surface area contributed by atoms with Crippen LogP contribution >= 0.6 is 0 Å². The second-order valence-electron chi connectivity index (χ2n) is 3.88. The molecule has 0 saturated heterocycles. The first-order chi connectivity index (χ1) is 8.60. The summed E-state index contributed by atoms with van der Waals surface area (Å²) in [6, 6.07) is 5.99. The Morgan fingerprint density at radius 2 is 2.11 bits per heavy atom. The zero-order valence-corrected chi connectivity index (χ0v) is 9.92. The molecule has 4 N–H and O–H groups in total. The van der Waals surface area contributed by atoms with Crippen LogP contribution in [0, 0.1) is 0 Å². The molecule has 2 aromatic rings. The number of hydrogen-bond acceptors (Lipinski definition) is 4. The molecule has 0 spiro atoms. The van der Waals surface area contributed by atoms with Gasteiger partial charge in [0.2, 0.25) is 0 Å². The van der Waals surface area contributed by atoms with Gasteiger partial charge in [-0.15, -0.1) is 0 Å². The van der Waals surface area contributed by atoms with Crippen LogP contribution in [-0.2, 0) is 13.6 Å². The van der Waals surface area contributed by atoms with Gasteiger partial charge in [-0.25, -0.2) is 0 Å². The highest BCUT2D eigenvalue weighted by molar-refractivity contribution is 6.04. The third-order valence-corrected chi connectivity index (χ3v) is 2.49. The van der Waals surface area contributed by atoms with E-state index in [9.17, 15) is 4.79 Å². The van der Waals surface area contributed by atoms with Gasteiger partial charge in [-0.2, -0.15) is 5.10 Å². The lowest BCUT2D eigenvalue weighted by molar-refractivity contribution is 0.102. The van der Waals surface area contributed by atoms with Crippen molar-refractivity contribution in [2.75, 3.05) is 5.32 Å². The summed E-state index contributed by atoms with van der Waals surface area (Å²) in [5, 5.41) is 16.0. The number of amides is 1. The number of aromatic nitrogens is 2. The van der Waals surface area contributed by atoms with Crippen molar-refractivity contribution in [3.05, 3.63) is 41.6 Å². The number of hydrogen-bond donors (Lipinski definition) is 3. The van der Waals surface area contributed by atoms with Crippen molar-refractivity contribution in [1.29, 1.82) is 0 Å². The number of nitrogens with two attached hydrogens (primary N) is 1. The Hall–Kier alpha value is -2.34. The average molecular weight is 246 g/mol. The second-order valence-corrected chi connectivity index (χ2v) is 3.88. The molecule has 1 aromatic carbocycles. The van der Waals surface area contributed by atoms with Crippen LogP contribution in [0.2, 0.25) is 0 Å². The van der Waals surface area contributed by atoms with Crippen molar-refractivity contribution in [1.82, 2.24) is 9.78 Å². The predicted molar refractivity (Wildman–Crippen MR) is 67.2 cm³/mol. The normalized spacial score (nSPS) is 10.3. The van der Waals surface area contributed by atoms with Gasteiger partial charge in [0.15, 0.2) is 5.82 Å². The molecule has 0 bridgehead atoms. The molecule has 0 radical (unpaired) electrons. The molecule has 0 unspecified atom stereocenters. The molecule has 0 aliphatic heterocycles. The Kier molecular flexibility index (Phi) is 3.29. The number of carbonyl (C=O) groups excluding carboxylic acids is 1. The van der Waals surface area contributed by atoms with Gasteiger partial charge in [0.05, 0.1) is 0 Å². The summed E-state index contributed by atoms with van der Waals surface area (Å²) in [6.07, 6.45) is 1.76. The van der Waals surface area contributed by atoms with E-state index in [0.717, 1.165) is 5.56 Å². The van der Waals surface area contributed by atoms with Crippen LogP contribution < -0.4 is 11.1 Å². The fourth-order valence-electron chi connectivity index (χ4n) is 1.58. The van der Waals surface area contributed by atoms with Crippen LogP contribution in [0.1, 0.15) is 15.9 Å². The molecule has 0 fully saturated rings. The number of aryl methyl sites for hydroxylation is 1. The van der Waals surface area contributed by atoms with Gasteiger partial charge >= 0.3 is 0 Å². The maximum absolute atomic E-state index is 11.9. The van der Waals surface area contributed by atoms with E-state index in [1.54, 1.807) is 17.9 Å². The van der Waals surface area contributed by atoms with Crippen LogP contribution in [0.3, 0.4) is 0 Å². The summed E-state index contributed by atoms with van der Waals surface area (Å²) >= 11 is 0. The lowest BCUT2D eigenvalue weighted by Crippen LogP contribution is -2.14. The summed E-state index contributed by atoms with van der Waals surface area (Å²) in [4.78, 5) is 11.9. The number of nitrogens with zero attached hydrogens (tertiary/aromatic N) is 2. The molecule has 1 aromatic heterocycles. The summed E-state index contributed by atoms with van der Waals surface area (Å²) in [5.41, 5.74) is 6.77. The number of nitrogens with one attached hydrogen (secondary N) is 1. The van der Waals surface area contributed by atoms with Crippen LogP contribution in [-0.4, -0.2) is 20.8 Å². The van der Waals surface area contributed by atoms with Crippen molar-refractivity contribution in [2.24, 2.45) is 12.8 Å². The van der Waals surface area contributed by atoms with Crippen molar-refractivity contribution >= 4 is 11.7 Å². The molecule has 0 aliphatic carbocycles. The minimum atomic E-state index is -0.289. The standard InChI is InChI=1S/C12H14N4O2/c1-16-7-9(6-13)11(15-16)14-12(18)8-2-4-10(17)5-3-8/h2-5,7,17H,6,13H2,1H3,(H,14,15,18). The summed E-state index contributed by atoms with van der Waals surface area (Å²) in [7, 11) is 1.76. The Labute approximate surface area is 104 Å². The zero-order valence-electron chi connectivity index (χ0n) is 9.92. The smallest absolute Gasteiger partial charge is 0.256 e. The first kappa shape index (κ1) is 12.1. The molecule has 6 heteroatoms. The monoisotopic (exact) mass is 246 g/mol. The number of aromatic hydroxyl groups is 1. The van der Waals surface area contributed by atoms with Gasteiger partial charge in [-0.3, -0.25) is 9.48 Å². The highest BCUT2D eigenvalue weighted by Crippen LogP contribution is 2.14. The van der Waals surface area contributed by atoms with Gasteiger partial charge < -0.3 is 16.2 Å². The van der Waals surface area contributed by atoms with Crippen molar-refractivity contribution in [3.8, 4) is 5.75 Å². The molecule has 94 valence electrons. The number of rotatable bonds is 3. The molecule has 0 saturated carbocycles. The summed E-state index contributed by atoms with van der Waals surface area (Å²) in [6.45, 7) is 0.305. The first-order valence-corrected chi connectivity index (χ1v) is 5.43. The maximum Gasteiger partial charge on any atom is 0.256 e. The van der Waals surface area contributed by atoms with E-state index in [1.165, 1.54) is 24.3 Å². The molecular weight excluding hydrogens is 232 g/mol. The van der Waals surface area contributed by atoms with Crippen molar-refractivity contribution in [2.45, 2.75) is 6.54 Å². The van der Waals surface area contributed by atoms with Gasteiger partial charge in [-0.05, 0) is 24.3 Å². The van der Waals surface area contributed by atoms with Crippen LogP contribution in [0.25, 0.3) is 0 Å². The van der Waals surface area contributed by atoms with Gasteiger partial charge in [0.1, 0.15) is 5.75 Å². The third kappa shape index (κ3) is 2.49. The Morgan fingerprint density at radius 1 is 1.44 bits per heavy atom. The molecule has 0 atom stereocenters. The molecule has 2 rings (SSSR count). The molecular formula is C12H14N4O2. The van der Waals surface area contributed by atoms with E-state index in [4.69, 9.17) is 10.8 Å². The minimum absolute atomic E-state index is 0.118. The van der Waals surface area contributed by atoms with E-state index >= 15 is 0 Å². The lowest BCUT2D eigenvalue weighted by Gasteiger charge is -2.04. The van der Waals surface area contributed by atoms with Crippen molar-refractivity contribution in [3.63, 3.8) is 0 Å². The highest BCUT2D eigenvalue weighted by atomic mass is 16.3. The van der Waals surface area contributed by atoms with Gasteiger partial charge in [0, 0.05) is 30.9 Å². The van der Waals surface area contributed by atoms with E-state index in [0.29, 0.717) is 17.9 Å². The number of phenols is 1. The molecule has 6 nitrogen and oxygen atoms in total. The Bertz CT molecular complexity index is 560. The number of carbonyl (C=O) groups is 1. The Morgan fingerprint density at radius 3 is 2.72 bits per heavy atom. The zero-order chi connectivity index (χ0) is 13.1. The number of phenolic OH excluding ortho intramolecular Hbond substituents is 1. The maximum atomic E-state index is 11.9. The second kappa shape index (κ2) is 4.89. The predicted octanol–water partition coefficient (Wildman–Crippen LogP) is 0.837. The highest BCUT2D eigenvalue weighted by Gasteiger charge is 2.11. The molecule has 18 heavy (non-hydrogen) atoms. The van der Waals surface area contributed by atoms with Crippen molar-refractivity contribution < 1.29 is 9.90 Å². The van der Waals surface area contributed by atoms with E-state index in [2.05, 4.69) is 10.4 Å². The topological polar surface area (TPSA) is 93.2 Å². The van der Waals surface area contributed by atoms with E-state index < -0.39 is 0 Å². The summed E-state index contributed by atoms with van der Waals surface area (Å²) < 4.78 is 1.59. The van der Waals surface area contributed by atoms with Crippen LogP contribution in [0.15, 0.2) is 30.5 Å². The first-order valence-electron chi connectivity index (χ1n) is 5.43. The molecule has 1 amide bonds. The fourth-order valence-corrected chi connectivity index (χ4v) is 1.58. The number of anilines is 1. The van der Waals surface area contributed by atoms with E-state index in [-0.39, 0.29) is 11.7 Å². The van der Waals surface area contributed by atoms with Gasteiger partial charge in [-0.1, -0.05) is 0 Å². The number of benzene rings is 1. The van der Waals surface area contributed by atoms with Gasteiger partial charge in [0.25, 0.3) is 5.91 Å². The van der Waals surface area contributed by atoms with Crippen LogP contribution in [0.4, 0.5) is 5.82 Å².